The molecule has 0 spiro atoms. The van der Waals surface area contributed by atoms with Crippen molar-refractivity contribution in [1.82, 2.24) is 14.1 Å². The molecule has 0 aliphatic carbocycles. The third-order valence-corrected chi connectivity index (χ3v) is 3.68. The number of aromatic nitrogens is 2. The molecule has 0 atom stereocenters. The third kappa shape index (κ3) is 3.46. The van der Waals surface area contributed by atoms with Gasteiger partial charge < -0.3 is 5.32 Å². The van der Waals surface area contributed by atoms with Crippen LogP contribution in [0.25, 0.3) is 11.0 Å². The van der Waals surface area contributed by atoms with E-state index in [0.717, 1.165) is 23.9 Å². The summed E-state index contributed by atoms with van der Waals surface area (Å²) in [5.41, 5.74) is 1.61. The summed E-state index contributed by atoms with van der Waals surface area (Å²) in [6.45, 7) is 0. The van der Waals surface area contributed by atoms with Crippen LogP contribution >= 0.6 is 23.9 Å². The Bertz CT molecular complexity index is 913. The summed E-state index contributed by atoms with van der Waals surface area (Å²) < 4.78 is 34.4. The molecule has 2 aromatic carbocycles. The van der Waals surface area contributed by atoms with Crippen LogP contribution in [0.4, 0.5) is 14.5 Å². The third-order valence-electron chi connectivity index (χ3n) is 2.92. The lowest BCUT2D eigenvalue weighted by Crippen LogP contribution is -2.34. The fraction of sp³-hybridized carbons (Fsp3) is 0. The van der Waals surface area contributed by atoms with Crippen LogP contribution < -0.4 is 10.6 Å². The van der Waals surface area contributed by atoms with E-state index < -0.39 is 17.5 Å². The van der Waals surface area contributed by atoms with Crippen molar-refractivity contribution in [1.29, 1.82) is 0 Å². The highest BCUT2D eigenvalue weighted by Crippen LogP contribution is 2.15. The number of thiocarbonyl (C=S) groups is 1. The largest absolute Gasteiger partial charge is 0.330 e. The number of hydrogen-bond acceptors (Lipinski definition) is 5. The lowest BCUT2D eigenvalue weighted by Gasteiger charge is -2.10. The van der Waals surface area contributed by atoms with E-state index in [1.165, 1.54) is 6.07 Å². The van der Waals surface area contributed by atoms with Crippen LogP contribution in [0.5, 0.6) is 0 Å². The zero-order chi connectivity index (χ0) is 16.4. The van der Waals surface area contributed by atoms with Crippen LogP contribution in [0.2, 0.25) is 0 Å². The van der Waals surface area contributed by atoms with Crippen LogP contribution in [0.15, 0.2) is 36.4 Å². The van der Waals surface area contributed by atoms with E-state index in [9.17, 15) is 13.6 Å². The van der Waals surface area contributed by atoms with Crippen LogP contribution in [0.3, 0.4) is 0 Å². The minimum atomic E-state index is -0.809. The second kappa shape index (κ2) is 6.31. The van der Waals surface area contributed by atoms with Gasteiger partial charge in [-0.05, 0) is 42.5 Å². The second-order valence-electron chi connectivity index (χ2n) is 4.50. The Hall–Kier alpha value is -2.52. The molecule has 0 unspecified atom stereocenters. The van der Waals surface area contributed by atoms with Crippen LogP contribution in [0.1, 0.15) is 10.4 Å². The molecule has 116 valence electrons. The lowest BCUT2D eigenvalue weighted by atomic mass is 10.2. The quantitative estimate of drug-likeness (QED) is 0.695. The van der Waals surface area contributed by atoms with Gasteiger partial charge in [-0.3, -0.25) is 10.1 Å². The van der Waals surface area contributed by atoms with E-state index >= 15 is 0 Å². The monoisotopic (exact) mass is 350 g/mol. The van der Waals surface area contributed by atoms with E-state index in [1.807, 2.05) is 0 Å². The Morgan fingerprint density at radius 2 is 1.87 bits per heavy atom. The molecule has 0 radical (unpaired) electrons. The maximum absolute atomic E-state index is 13.5. The highest BCUT2D eigenvalue weighted by molar-refractivity contribution is 7.80. The molecule has 3 rings (SSSR count). The van der Waals surface area contributed by atoms with Crippen molar-refractivity contribution in [3.8, 4) is 0 Å². The first-order valence-corrected chi connectivity index (χ1v) is 7.46. The highest BCUT2D eigenvalue weighted by Gasteiger charge is 2.11. The van der Waals surface area contributed by atoms with Gasteiger partial charge in [0, 0.05) is 11.6 Å². The normalized spacial score (nSPS) is 10.5. The van der Waals surface area contributed by atoms with Crippen molar-refractivity contribution in [2.24, 2.45) is 0 Å². The van der Waals surface area contributed by atoms with Crippen molar-refractivity contribution < 1.29 is 13.6 Å². The van der Waals surface area contributed by atoms with E-state index in [0.29, 0.717) is 16.6 Å². The number of amides is 1. The summed E-state index contributed by atoms with van der Waals surface area (Å²) in [6.07, 6.45) is 0. The molecule has 23 heavy (non-hydrogen) atoms. The molecule has 0 aliphatic rings. The predicted molar refractivity (Wildman–Crippen MR) is 87.5 cm³/mol. The van der Waals surface area contributed by atoms with Gasteiger partial charge >= 0.3 is 0 Å². The first kappa shape index (κ1) is 15.4. The maximum atomic E-state index is 13.5. The molecule has 0 bridgehead atoms. The zero-order valence-corrected chi connectivity index (χ0v) is 13.0. The first-order chi connectivity index (χ1) is 11.0. The van der Waals surface area contributed by atoms with Crippen molar-refractivity contribution in [3.05, 3.63) is 53.6 Å². The number of benzene rings is 2. The van der Waals surface area contributed by atoms with Gasteiger partial charge in [-0.25, -0.2) is 8.78 Å². The average molecular weight is 350 g/mol. The molecule has 1 aromatic heterocycles. The van der Waals surface area contributed by atoms with E-state index in [1.54, 1.807) is 18.2 Å². The molecule has 3 aromatic rings. The number of carbonyl (C=O) groups excluding carboxylic acids is 1. The van der Waals surface area contributed by atoms with Crippen molar-refractivity contribution >= 4 is 51.7 Å². The Morgan fingerprint density at radius 3 is 2.65 bits per heavy atom. The second-order valence-corrected chi connectivity index (χ2v) is 5.44. The molecule has 5 nitrogen and oxygen atoms in total. The molecular formula is C14H8F2N4OS2. The lowest BCUT2D eigenvalue weighted by molar-refractivity contribution is 0.0978. The smallest absolute Gasteiger partial charge is 0.257 e. The average Bonchev–Trinajstić information content (AvgIpc) is 2.97. The number of fused-ring (bicyclic) bond motifs is 1. The molecule has 1 amide bonds. The number of nitrogens with zero attached hydrogens (tertiary/aromatic N) is 2. The SMILES string of the molecule is O=C(NC(=S)Nc1ccc(F)cc1F)c1ccc2nsnc2c1. The Kier molecular flexibility index (Phi) is 4.22. The number of hydrogen-bond donors (Lipinski definition) is 2. The van der Waals surface area contributed by atoms with E-state index in [4.69, 9.17) is 12.2 Å². The molecule has 0 saturated heterocycles. The minimum absolute atomic E-state index is 0.0316. The number of anilines is 1. The van der Waals surface area contributed by atoms with Gasteiger partial charge in [-0.1, -0.05) is 0 Å². The van der Waals surface area contributed by atoms with Crippen molar-refractivity contribution in [3.63, 3.8) is 0 Å². The summed E-state index contributed by atoms with van der Waals surface area (Å²) in [7, 11) is 0. The summed E-state index contributed by atoms with van der Waals surface area (Å²) >= 11 is 6.00. The number of rotatable bonds is 2. The Morgan fingerprint density at radius 1 is 1.09 bits per heavy atom. The highest BCUT2D eigenvalue weighted by atomic mass is 32.1. The molecular weight excluding hydrogens is 342 g/mol. The molecule has 0 aliphatic heterocycles. The summed E-state index contributed by atoms with van der Waals surface area (Å²) in [4.78, 5) is 12.1. The predicted octanol–water partition coefficient (Wildman–Crippen LogP) is 3.10. The van der Waals surface area contributed by atoms with Crippen molar-refractivity contribution in [2.75, 3.05) is 5.32 Å². The van der Waals surface area contributed by atoms with Gasteiger partial charge in [0.2, 0.25) is 0 Å². The van der Waals surface area contributed by atoms with Crippen LogP contribution in [-0.2, 0) is 0 Å². The van der Waals surface area contributed by atoms with Crippen molar-refractivity contribution in [2.45, 2.75) is 0 Å². The minimum Gasteiger partial charge on any atom is -0.330 e. The van der Waals surface area contributed by atoms with Gasteiger partial charge in [0.25, 0.3) is 5.91 Å². The number of halogens is 2. The summed E-state index contributed by atoms with van der Waals surface area (Å²) in [5.74, 6) is -1.98. The maximum Gasteiger partial charge on any atom is 0.257 e. The van der Waals surface area contributed by atoms with Gasteiger partial charge in [0.05, 0.1) is 17.4 Å². The summed E-state index contributed by atoms with van der Waals surface area (Å²) in [6, 6.07) is 7.82. The van der Waals surface area contributed by atoms with Gasteiger partial charge in [-0.2, -0.15) is 8.75 Å². The van der Waals surface area contributed by atoms with Crippen LogP contribution in [-0.4, -0.2) is 19.8 Å². The van der Waals surface area contributed by atoms with Gasteiger partial charge in [0.1, 0.15) is 22.7 Å². The summed E-state index contributed by atoms with van der Waals surface area (Å²) in [5, 5.41) is 4.82. The first-order valence-electron chi connectivity index (χ1n) is 6.32. The number of carbonyl (C=O) groups is 1. The molecule has 0 fully saturated rings. The zero-order valence-electron chi connectivity index (χ0n) is 11.3. The fourth-order valence-electron chi connectivity index (χ4n) is 1.84. The Labute approximate surface area is 138 Å². The standard InChI is InChI=1S/C14H8F2N4OS2/c15-8-2-4-10(9(16)6-8)17-14(22)18-13(21)7-1-3-11-12(5-7)20-23-19-11/h1-6H,(H2,17,18,21,22). The molecule has 2 N–H and O–H groups in total. The molecule has 1 heterocycles. The number of nitrogens with one attached hydrogen (secondary N) is 2. The topological polar surface area (TPSA) is 66.9 Å². The van der Waals surface area contributed by atoms with Gasteiger partial charge in [-0.15, -0.1) is 0 Å². The van der Waals surface area contributed by atoms with E-state index in [2.05, 4.69) is 19.4 Å². The molecule has 0 saturated carbocycles. The molecule has 9 heteroatoms. The Balaban J connectivity index is 1.70. The van der Waals surface area contributed by atoms with Gasteiger partial charge in [0.15, 0.2) is 5.11 Å². The van der Waals surface area contributed by atoms with E-state index in [-0.39, 0.29) is 10.8 Å². The fourth-order valence-corrected chi connectivity index (χ4v) is 2.56. The van der Waals surface area contributed by atoms with Crippen LogP contribution in [0, 0.1) is 11.6 Å².